The summed E-state index contributed by atoms with van der Waals surface area (Å²) in [5, 5.41) is 18.2. The first-order valence-corrected chi connectivity index (χ1v) is 9.68. The maximum Gasteiger partial charge on any atom is 0.292 e. The second-order valence-corrected chi connectivity index (χ2v) is 7.09. The lowest BCUT2D eigenvalue weighted by atomic mass is 9.95. The number of amides is 1. The van der Waals surface area contributed by atoms with Gasteiger partial charge in [-0.15, -0.1) is 0 Å². The molecule has 0 saturated carbocycles. The Kier molecular flexibility index (Phi) is 5.64. The van der Waals surface area contributed by atoms with Crippen LogP contribution in [0, 0.1) is 16.0 Å². The summed E-state index contributed by atoms with van der Waals surface area (Å²) in [4.78, 5) is 33.6. The van der Waals surface area contributed by atoms with Gasteiger partial charge in [-0.2, -0.15) is 5.10 Å². The third-order valence-corrected chi connectivity index (χ3v) is 5.21. The van der Waals surface area contributed by atoms with Gasteiger partial charge < -0.3 is 10.2 Å². The number of aromatic nitrogens is 4. The lowest BCUT2D eigenvalue weighted by Gasteiger charge is -2.32. The standard InChI is InChI=1S/C20H21N7O3/c28-20(23-12-15-5-6-19(22-11-15)26-14-21-13-24-26)16-7-9-25(10-8-16)17-3-1-2-4-18(17)27(29)30/h1-6,11,13-14,16H,7-10,12H2,(H,23,28). The van der Waals surface area contributed by atoms with Crippen molar-refractivity contribution in [2.24, 2.45) is 5.92 Å². The van der Waals surface area contributed by atoms with E-state index < -0.39 is 0 Å². The van der Waals surface area contributed by atoms with Crippen molar-refractivity contribution < 1.29 is 9.72 Å². The molecule has 1 aliphatic heterocycles. The molecule has 10 nitrogen and oxygen atoms in total. The topological polar surface area (TPSA) is 119 Å². The summed E-state index contributed by atoms with van der Waals surface area (Å²) in [5.41, 5.74) is 1.60. The van der Waals surface area contributed by atoms with Crippen LogP contribution in [-0.4, -0.2) is 43.7 Å². The Morgan fingerprint density at radius 3 is 2.67 bits per heavy atom. The third-order valence-electron chi connectivity index (χ3n) is 5.21. The van der Waals surface area contributed by atoms with Crippen molar-refractivity contribution in [3.8, 4) is 5.82 Å². The zero-order chi connectivity index (χ0) is 20.9. The first-order chi connectivity index (χ1) is 14.6. The number of piperidine rings is 1. The van der Waals surface area contributed by atoms with Crippen LogP contribution in [0.4, 0.5) is 11.4 Å². The van der Waals surface area contributed by atoms with Crippen molar-refractivity contribution in [1.29, 1.82) is 0 Å². The number of rotatable bonds is 6. The Bertz CT molecular complexity index is 1010. The Morgan fingerprint density at radius 1 is 1.20 bits per heavy atom. The van der Waals surface area contributed by atoms with Crippen LogP contribution in [0.15, 0.2) is 55.2 Å². The molecule has 154 valence electrons. The van der Waals surface area contributed by atoms with Gasteiger partial charge in [0.2, 0.25) is 5.91 Å². The summed E-state index contributed by atoms with van der Waals surface area (Å²) < 4.78 is 1.56. The van der Waals surface area contributed by atoms with E-state index in [-0.39, 0.29) is 22.4 Å². The van der Waals surface area contributed by atoms with Gasteiger partial charge in [0.1, 0.15) is 18.3 Å². The fraction of sp³-hybridized carbons (Fsp3) is 0.300. The highest BCUT2D eigenvalue weighted by atomic mass is 16.6. The van der Waals surface area contributed by atoms with Gasteiger partial charge in [0.15, 0.2) is 5.82 Å². The Balaban J connectivity index is 1.29. The molecule has 0 radical (unpaired) electrons. The van der Waals surface area contributed by atoms with Crippen molar-refractivity contribution in [1.82, 2.24) is 25.1 Å². The highest BCUT2D eigenvalue weighted by Crippen LogP contribution is 2.31. The van der Waals surface area contributed by atoms with Gasteiger partial charge in [-0.25, -0.2) is 14.6 Å². The highest BCUT2D eigenvalue weighted by molar-refractivity contribution is 5.79. The number of nitro groups is 1. The Morgan fingerprint density at radius 2 is 2.00 bits per heavy atom. The van der Waals surface area contributed by atoms with E-state index in [9.17, 15) is 14.9 Å². The van der Waals surface area contributed by atoms with Crippen molar-refractivity contribution in [3.63, 3.8) is 0 Å². The minimum atomic E-state index is -0.365. The number of nitro benzene ring substituents is 1. The van der Waals surface area contributed by atoms with E-state index in [1.165, 1.54) is 12.4 Å². The largest absolute Gasteiger partial charge is 0.366 e. The maximum atomic E-state index is 12.6. The summed E-state index contributed by atoms with van der Waals surface area (Å²) in [6.45, 7) is 1.61. The number of nitrogens with one attached hydrogen (secondary N) is 1. The van der Waals surface area contributed by atoms with Gasteiger partial charge in [0, 0.05) is 37.8 Å². The molecule has 1 saturated heterocycles. The predicted molar refractivity (Wildman–Crippen MR) is 109 cm³/mol. The van der Waals surface area contributed by atoms with Gasteiger partial charge in [0.25, 0.3) is 5.69 Å². The number of para-hydroxylation sites is 2. The number of benzene rings is 1. The van der Waals surface area contributed by atoms with E-state index in [1.54, 1.807) is 35.4 Å². The average molecular weight is 407 g/mol. The van der Waals surface area contributed by atoms with Crippen LogP contribution in [0.1, 0.15) is 18.4 Å². The number of hydrogen-bond acceptors (Lipinski definition) is 7. The number of carbonyl (C=O) groups is 1. The fourth-order valence-electron chi connectivity index (χ4n) is 3.59. The van der Waals surface area contributed by atoms with E-state index >= 15 is 0 Å². The Hall–Kier alpha value is -3.82. The van der Waals surface area contributed by atoms with E-state index in [2.05, 4.69) is 20.4 Å². The van der Waals surface area contributed by atoms with Crippen LogP contribution in [0.5, 0.6) is 0 Å². The molecule has 3 aromatic rings. The molecule has 1 aliphatic rings. The first kappa shape index (κ1) is 19.5. The fourth-order valence-corrected chi connectivity index (χ4v) is 3.59. The van der Waals surface area contributed by atoms with Crippen LogP contribution in [0.2, 0.25) is 0 Å². The monoisotopic (exact) mass is 407 g/mol. The summed E-state index contributed by atoms with van der Waals surface area (Å²) >= 11 is 0. The molecule has 30 heavy (non-hydrogen) atoms. The summed E-state index contributed by atoms with van der Waals surface area (Å²) in [6.07, 6.45) is 6.02. The molecule has 1 amide bonds. The SMILES string of the molecule is O=C(NCc1ccc(-n2cncn2)nc1)C1CCN(c2ccccc2[N+](=O)[O-])CC1. The van der Waals surface area contributed by atoms with Gasteiger partial charge in [-0.3, -0.25) is 14.9 Å². The predicted octanol–water partition coefficient (Wildman–Crippen LogP) is 2.10. The zero-order valence-corrected chi connectivity index (χ0v) is 16.2. The quantitative estimate of drug-likeness (QED) is 0.491. The van der Waals surface area contributed by atoms with E-state index in [1.807, 2.05) is 17.0 Å². The zero-order valence-electron chi connectivity index (χ0n) is 16.2. The smallest absolute Gasteiger partial charge is 0.292 e. The summed E-state index contributed by atoms with van der Waals surface area (Å²) in [7, 11) is 0. The molecule has 0 aliphatic carbocycles. The lowest BCUT2D eigenvalue weighted by Crippen LogP contribution is -2.40. The molecule has 2 aromatic heterocycles. The highest BCUT2D eigenvalue weighted by Gasteiger charge is 2.27. The lowest BCUT2D eigenvalue weighted by molar-refractivity contribution is -0.384. The summed E-state index contributed by atoms with van der Waals surface area (Å²) in [6, 6.07) is 10.4. The molecule has 4 rings (SSSR count). The van der Waals surface area contributed by atoms with E-state index in [0.717, 1.165) is 5.56 Å². The molecule has 10 heteroatoms. The molecule has 1 N–H and O–H groups in total. The van der Waals surface area contributed by atoms with Crippen LogP contribution < -0.4 is 10.2 Å². The molecule has 0 bridgehead atoms. The number of nitrogens with zero attached hydrogens (tertiary/aromatic N) is 6. The molecule has 0 unspecified atom stereocenters. The average Bonchev–Trinajstić information content (AvgIpc) is 3.33. The minimum Gasteiger partial charge on any atom is -0.366 e. The van der Waals surface area contributed by atoms with Crippen LogP contribution in [0.3, 0.4) is 0 Å². The van der Waals surface area contributed by atoms with Crippen molar-refractivity contribution in [2.75, 3.05) is 18.0 Å². The minimum absolute atomic E-state index is 0.00226. The molecule has 3 heterocycles. The second-order valence-electron chi connectivity index (χ2n) is 7.09. The maximum absolute atomic E-state index is 12.6. The normalized spacial score (nSPS) is 14.5. The van der Waals surface area contributed by atoms with Gasteiger partial charge in [-0.05, 0) is 30.5 Å². The first-order valence-electron chi connectivity index (χ1n) is 9.68. The molecule has 1 aromatic carbocycles. The number of pyridine rings is 1. The van der Waals surface area contributed by atoms with E-state index in [4.69, 9.17) is 0 Å². The van der Waals surface area contributed by atoms with Crippen LogP contribution in [-0.2, 0) is 11.3 Å². The van der Waals surface area contributed by atoms with Crippen LogP contribution >= 0.6 is 0 Å². The van der Waals surface area contributed by atoms with Crippen molar-refractivity contribution in [3.05, 3.63) is 70.9 Å². The molecule has 0 spiro atoms. The van der Waals surface area contributed by atoms with Crippen molar-refractivity contribution in [2.45, 2.75) is 19.4 Å². The van der Waals surface area contributed by atoms with Gasteiger partial charge in [0.05, 0.1) is 4.92 Å². The van der Waals surface area contributed by atoms with Crippen LogP contribution in [0.25, 0.3) is 5.82 Å². The van der Waals surface area contributed by atoms with Gasteiger partial charge >= 0.3 is 0 Å². The molecule has 1 fully saturated rings. The number of carbonyl (C=O) groups excluding carboxylic acids is 1. The third kappa shape index (κ3) is 4.27. The molecular formula is C20H21N7O3. The number of anilines is 1. The molecular weight excluding hydrogens is 386 g/mol. The Labute approximate surface area is 172 Å². The summed E-state index contributed by atoms with van der Waals surface area (Å²) in [5.74, 6) is 0.550. The molecule has 0 atom stereocenters. The van der Waals surface area contributed by atoms with E-state index in [0.29, 0.717) is 44.0 Å². The van der Waals surface area contributed by atoms with Crippen molar-refractivity contribution >= 4 is 17.3 Å². The second kappa shape index (κ2) is 8.68. The number of hydrogen-bond donors (Lipinski definition) is 1. The van der Waals surface area contributed by atoms with Gasteiger partial charge in [-0.1, -0.05) is 18.2 Å².